The molecule has 0 aliphatic carbocycles. The van der Waals surface area contributed by atoms with Crippen LogP contribution in [-0.4, -0.2) is 66.1 Å². The molecular formula is C29H29BrN6O3. The Bertz CT molecular complexity index is 1640. The summed E-state index contributed by atoms with van der Waals surface area (Å²) in [5.74, 6) is 0.137. The number of phenolic OH excluding ortho intramolecular Hbond substituents is 1. The molecule has 2 amide bonds. The molecule has 9 nitrogen and oxygen atoms in total. The van der Waals surface area contributed by atoms with Gasteiger partial charge in [0, 0.05) is 42.5 Å². The van der Waals surface area contributed by atoms with Gasteiger partial charge in [0.1, 0.15) is 17.0 Å². The minimum atomic E-state index is -0.397. The van der Waals surface area contributed by atoms with E-state index in [9.17, 15) is 14.7 Å². The van der Waals surface area contributed by atoms with Gasteiger partial charge in [-0.1, -0.05) is 26.5 Å². The third-order valence-electron chi connectivity index (χ3n) is 7.81. The molecule has 2 aromatic heterocycles. The number of carbonyl (C=O) groups excluding carboxylic acids is 2. The zero-order valence-corrected chi connectivity index (χ0v) is 23.4. The molecule has 2 aliphatic rings. The van der Waals surface area contributed by atoms with Gasteiger partial charge in [-0.3, -0.25) is 9.59 Å². The molecule has 6 rings (SSSR count). The number of rotatable bonds is 4. The second-order valence-corrected chi connectivity index (χ2v) is 11.2. The van der Waals surface area contributed by atoms with Gasteiger partial charge in [-0.05, 0) is 57.8 Å². The smallest absolute Gasteiger partial charge is 0.256 e. The van der Waals surface area contributed by atoms with Gasteiger partial charge in [0.25, 0.3) is 5.91 Å². The largest absolute Gasteiger partial charge is 0.506 e. The van der Waals surface area contributed by atoms with Crippen molar-refractivity contribution in [1.82, 2.24) is 29.5 Å². The Balaban J connectivity index is 1.46. The highest BCUT2D eigenvalue weighted by molar-refractivity contribution is 9.10. The van der Waals surface area contributed by atoms with E-state index in [1.807, 2.05) is 27.8 Å². The molecule has 200 valence electrons. The van der Waals surface area contributed by atoms with Gasteiger partial charge >= 0.3 is 0 Å². The van der Waals surface area contributed by atoms with Crippen molar-refractivity contribution in [1.29, 1.82) is 0 Å². The molecule has 0 unspecified atom stereocenters. The van der Waals surface area contributed by atoms with E-state index in [2.05, 4.69) is 46.3 Å². The Morgan fingerprint density at radius 3 is 2.77 bits per heavy atom. The van der Waals surface area contributed by atoms with Crippen molar-refractivity contribution in [3.8, 4) is 11.4 Å². The average molecular weight is 589 g/mol. The predicted molar refractivity (Wildman–Crippen MR) is 151 cm³/mol. The van der Waals surface area contributed by atoms with Crippen molar-refractivity contribution >= 4 is 38.8 Å². The third-order valence-corrected chi connectivity index (χ3v) is 8.47. The zero-order chi connectivity index (χ0) is 27.4. The molecule has 0 spiro atoms. The van der Waals surface area contributed by atoms with Gasteiger partial charge in [0.2, 0.25) is 5.91 Å². The van der Waals surface area contributed by atoms with Crippen LogP contribution in [0.4, 0.5) is 0 Å². The van der Waals surface area contributed by atoms with Crippen molar-refractivity contribution in [2.24, 2.45) is 0 Å². The van der Waals surface area contributed by atoms with Crippen molar-refractivity contribution in [2.75, 3.05) is 19.6 Å². The van der Waals surface area contributed by atoms with E-state index in [-0.39, 0.29) is 23.5 Å². The third kappa shape index (κ3) is 4.14. The fourth-order valence-electron chi connectivity index (χ4n) is 5.77. The number of hydrogen-bond donors (Lipinski definition) is 2. The second-order valence-electron chi connectivity index (χ2n) is 10.3. The fraction of sp³-hybridized carbons (Fsp3) is 0.310. The first-order valence-electron chi connectivity index (χ1n) is 13.1. The van der Waals surface area contributed by atoms with Crippen LogP contribution in [0.2, 0.25) is 0 Å². The number of imidazole rings is 1. The lowest BCUT2D eigenvalue weighted by molar-refractivity contribution is -0.126. The molecule has 2 aliphatic heterocycles. The quantitative estimate of drug-likeness (QED) is 0.337. The van der Waals surface area contributed by atoms with Crippen LogP contribution in [0, 0.1) is 0 Å². The van der Waals surface area contributed by atoms with Crippen molar-refractivity contribution in [3.63, 3.8) is 0 Å². The summed E-state index contributed by atoms with van der Waals surface area (Å²) >= 11 is 3.52. The van der Waals surface area contributed by atoms with Crippen molar-refractivity contribution < 1.29 is 14.7 Å². The lowest BCUT2D eigenvalue weighted by Gasteiger charge is -2.38. The maximum atomic E-state index is 14.1. The van der Waals surface area contributed by atoms with E-state index < -0.39 is 6.04 Å². The molecule has 0 saturated carbocycles. The molecule has 2 aromatic carbocycles. The maximum absolute atomic E-state index is 14.1. The number of aromatic nitrogens is 4. The summed E-state index contributed by atoms with van der Waals surface area (Å²) in [5, 5.41) is 15.9. The minimum Gasteiger partial charge on any atom is -0.506 e. The molecular weight excluding hydrogens is 560 g/mol. The SMILES string of the molecule is C=CC(=O)N1CCc2nn(-c3ccc(C(C)C)cc3O)c3c2[C@H](C1)N(C(=O)c1ccc(Br)c2[nH]cnc12)CC3. The molecule has 0 radical (unpaired) electrons. The minimum absolute atomic E-state index is 0.147. The summed E-state index contributed by atoms with van der Waals surface area (Å²) in [6.07, 6.45) is 4.00. The lowest BCUT2D eigenvalue weighted by atomic mass is 9.94. The Morgan fingerprint density at radius 1 is 1.21 bits per heavy atom. The summed E-state index contributed by atoms with van der Waals surface area (Å²) in [4.78, 5) is 37.9. The number of carbonyl (C=O) groups is 2. The van der Waals surface area contributed by atoms with Crippen LogP contribution < -0.4 is 0 Å². The Hall–Kier alpha value is -3.92. The van der Waals surface area contributed by atoms with E-state index in [1.165, 1.54) is 6.08 Å². The number of nitrogens with one attached hydrogen (secondary N) is 1. The molecule has 0 fully saturated rings. The number of aromatic amines is 1. The van der Waals surface area contributed by atoms with Crippen LogP contribution in [0.15, 0.2) is 53.8 Å². The van der Waals surface area contributed by atoms with Crippen molar-refractivity contribution in [3.05, 3.63) is 81.9 Å². The van der Waals surface area contributed by atoms with E-state index in [4.69, 9.17) is 5.10 Å². The Labute approximate surface area is 234 Å². The first-order chi connectivity index (χ1) is 18.8. The van der Waals surface area contributed by atoms with Gasteiger partial charge in [0.15, 0.2) is 0 Å². The first kappa shape index (κ1) is 25.4. The molecule has 0 bridgehead atoms. The number of benzene rings is 2. The molecule has 4 heterocycles. The second kappa shape index (κ2) is 9.68. The monoisotopic (exact) mass is 588 g/mol. The summed E-state index contributed by atoms with van der Waals surface area (Å²) in [7, 11) is 0. The lowest BCUT2D eigenvalue weighted by Crippen LogP contribution is -2.45. The number of H-pyrrole nitrogens is 1. The molecule has 1 atom stereocenters. The van der Waals surface area contributed by atoms with Gasteiger partial charge < -0.3 is 19.9 Å². The zero-order valence-electron chi connectivity index (χ0n) is 21.8. The fourth-order valence-corrected chi connectivity index (χ4v) is 6.21. The number of amides is 2. The number of fused-ring (bicyclic) bond motifs is 1. The van der Waals surface area contributed by atoms with Crippen LogP contribution in [0.3, 0.4) is 0 Å². The highest BCUT2D eigenvalue weighted by atomic mass is 79.9. The van der Waals surface area contributed by atoms with Crippen LogP contribution in [0.1, 0.15) is 58.7 Å². The van der Waals surface area contributed by atoms with E-state index in [1.54, 1.807) is 23.4 Å². The van der Waals surface area contributed by atoms with Gasteiger partial charge in [0.05, 0.1) is 34.8 Å². The first-order valence-corrected chi connectivity index (χ1v) is 13.9. The Morgan fingerprint density at radius 2 is 2.03 bits per heavy atom. The summed E-state index contributed by atoms with van der Waals surface area (Å²) < 4.78 is 2.66. The molecule has 2 N–H and O–H groups in total. The number of nitrogens with zero attached hydrogens (tertiary/aromatic N) is 5. The normalized spacial score (nSPS) is 16.9. The summed E-state index contributed by atoms with van der Waals surface area (Å²) in [5.41, 5.74) is 6.27. The highest BCUT2D eigenvalue weighted by Gasteiger charge is 2.40. The number of phenols is 1. The van der Waals surface area contributed by atoms with Crippen molar-refractivity contribution in [2.45, 2.75) is 38.6 Å². The number of halogens is 1. The standard InChI is InChI=1S/C29H29BrN6O3/c1-4-25(38)34-11-9-20-26-22(36(33-20)21-8-5-17(16(2)3)13-24(21)37)10-12-35(23(26)14-34)29(39)18-6-7-19(30)28-27(18)31-15-32-28/h4-8,13,15-16,23,37H,1,9-12,14H2,2-3H3,(H,31,32)/t23-/m0/s1. The molecule has 0 saturated heterocycles. The summed E-state index contributed by atoms with van der Waals surface area (Å²) in [6.45, 7) is 9.08. The van der Waals surface area contributed by atoms with Crippen LogP contribution in [0.25, 0.3) is 16.7 Å². The van der Waals surface area contributed by atoms with Gasteiger partial charge in [-0.15, -0.1) is 0 Å². The number of aromatic hydroxyl groups is 1. The average Bonchev–Trinajstić information content (AvgIpc) is 3.51. The highest BCUT2D eigenvalue weighted by Crippen LogP contribution is 2.39. The van der Waals surface area contributed by atoms with Crippen LogP contribution >= 0.6 is 15.9 Å². The molecule has 4 aromatic rings. The van der Waals surface area contributed by atoms with Crippen LogP contribution in [-0.2, 0) is 17.6 Å². The maximum Gasteiger partial charge on any atom is 0.256 e. The van der Waals surface area contributed by atoms with E-state index in [0.717, 1.165) is 32.5 Å². The number of hydrogen-bond acceptors (Lipinski definition) is 5. The molecule has 10 heteroatoms. The predicted octanol–water partition coefficient (Wildman–Crippen LogP) is 4.65. The van der Waals surface area contributed by atoms with Gasteiger partial charge in [-0.25, -0.2) is 9.67 Å². The van der Waals surface area contributed by atoms with Gasteiger partial charge in [-0.2, -0.15) is 5.10 Å². The van der Waals surface area contributed by atoms with E-state index >= 15 is 0 Å². The van der Waals surface area contributed by atoms with Crippen LogP contribution in [0.5, 0.6) is 5.75 Å². The Kier molecular flexibility index (Phi) is 6.29. The topological polar surface area (TPSA) is 107 Å². The summed E-state index contributed by atoms with van der Waals surface area (Å²) in [6, 6.07) is 8.95. The molecule has 39 heavy (non-hydrogen) atoms. The van der Waals surface area contributed by atoms with E-state index in [0.29, 0.717) is 49.2 Å².